The first-order valence-corrected chi connectivity index (χ1v) is 8.23. The molecule has 0 fully saturated rings. The van der Waals surface area contributed by atoms with Gasteiger partial charge in [-0.1, -0.05) is 44.2 Å². The summed E-state index contributed by atoms with van der Waals surface area (Å²) in [6.07, 6.45) is 0.316. The quantitative estimate of drug-likeness (QED) is 0.765. The molecule has 0 saturated heterocycles. The predicted octanol–water partition coefficient (Wildman–Crippen LogP) is 4.60. The molecule has 4 heteroatoms. The fourth-order valence-electron chi connectivity index (χ4n) is 2.31. The number of rotatable bonds is 4. The molecule has 2 aromatic carbocycles. The van der Waals surface area contributed by atoms with Crippen LogP contribution in [0, 0.1) is 0 Å². The Labute approximate surface area is 134 Å². The molecular formula is C18H18N2OS. The number of anilines is 1. The minimum absolute atomic E-state index is 0.0316. The highest BCUT2D eigenvalue weighted by molar-refractivity contribution is 7.09. The summed E-state index contributed by atoms with van der Waals surface area (Å²) >= 11 is 1.62. The first-order chi connectivity index (χ1) is 10.6. The summed E-state index contributed by atoms with van der Waals surface area (Å²) in [5, 5.41) is 8.28. The lowest BCUT2D eigenvalue weighted by atomic mass is 10.1. The molecule has 0 radical (unpaired) electrons. The van der Waals surface area contributed by atoms with Crippen molar-refractivity contribution in [3.8, 4) is 0 Å². The lowest BCUT2D eigenvalue weighted by Crippen LogP contribution is -2.14. The van der Waals surface area contributed by atoms with Crippen molar-refractivity contribution >= 4 is 33.7 Å². The normalized spacial score (nSPS) is 11.0. The van der Waals surface area contributed by atoms with Gasteiger partial charge in [0.15, 0.2) is 0 Å². The Morgan fingerprint density at radius 1 is 1.18 bits per heavy atom. The molecule has 0 spiro atoms. The van der Waals surface area contributed by atoms with Crippen LogP contribution in [0.3, 0.4) is 0 Å². The van der Waals surface area contributed by atoms with E-state index >= 15 is 0 Å². The van der Waals surface area contributed by atoms with Gasteiger partial charge in [0.2, 0.25) is 5.91 Å². The van der Waals surface area contributed by atoms with Crippen LogP contribution in [0.2, 0.25) is 0 Å². The molecule has 3 aromatic rings. The molecule has 0 aliphatic carbocycles. The number of thiazole rings is 1. The van der Waals surface area contributed by atoms with Crippen LogP contribution < -0.4 is 5.32 Å². The van der Waals surface area contributed by atoms with Crippen molar-refractivity contribution in [2.45, 2.75) is 26.2 Å². The number of nitrogens with zero attached hydrogens (tertiary/aromatic N) is 1. The lowest BCUT2D eigenvalue weighted by molar-refractivity contribution is -0.115. The number of aromatic nitrogens is 1. The molecule has 22 heavy (non-hydrogen) atoms. The third kappa shape index (κ3) is 3.34. The Kier molecular flexibility index (Phi) is 4.20. The van der Waals surface area contributed by atoms with Gasteiger partial charge in [-0.15, -0.1) is 11.3 Å². The standard InChI is InChI=1S/C18H18N2OS/c1-12(2)18-20-16(11-22-18)10-17(21)19-15-8-7-13-5-3-4-6-14(13)9-15/h3-9,11-12H,10H2,1-2H3,(H,19,21). The van der Waals surface area contributed by atoms with E-state index in [0.717, 1.165) is 21.8 Å². The molecule has 0 atom stereocenters. The second kappa shape index (κ2) is 6.28. The molecule has 1 amide bonds. The Balaban J connectivity index is 1.69. The first-order valence-electron chi connectivity index (χ1n) is 7.35. The maximum Gasteiger partial charge on any atom is 0.230 e. The number of hydrogen-bond acceptors (Lipinski definition) is 3. The molecule has 112 valence electrons. The molecule has 0 unspecified atom stereocenters. The van der Waals surface area contributed by atoms with Crippen LogP contribution in [-0.2, 0) is 11.2 Å². The minimum Gasteiger partial charge on any atom is -0.326 e. The van der Waals surface area contributed by atoms with Crippen molar-refractivity contribution in [3.05, 3.63) is 58.5 Å². The highest BCUT2D eigenvalue weighted by atomic mass is 32.1. The largest absolute Gasteiger partial charge is 0.326 e. The van der Waals surface area contributed by atoms with Crippen LogP contribution in [0.25, 0.3) is 10.8 Å². The summed E-state index contributed by atoms with van der Waals surface area (Å²) < 4.78 is 0. The van der Waals surface area contributed by atoms with Crippen LogP contribution in [0.15, 0.2) is 47.8 Å². The summed E-state index contributed by atoms with van der Waals surface area (Å²) in [5.41, 5.74) is 1.66. The first kappa shape index (κ1) is 14.7. The average Bonchev–Trinajstić information content (AvgIpc) is 2.95. The van der Waals surface area contributed by atoms with E-state index in [2.05, 4.69) is 30.2 Å². The van der Waals surface area contributed by atoms with Gasteiger partial charge in [0.1, 0.15) is 0 Å². The van der Waals surface area contributed by atoms with Crippen LogP contribution in [0.5, 0.6) is 0 Å². The van der Waals surface area contributed by atoms with Gasteiger partial charge in [-0.2, -0.15) is 0 Å². The molecular weight excluding hydrogens is 292 g/mol. The van der Waals surface area contributed by atoms with E-state index in [-0.39, 0.29) is 5.91 Å². The maximum absolute atomic E-state index is 12.2. The van der Waals surface area contributed by atoms with Gasteiger partial charge in [0.25, 0.3) is 0 Å². The van der Waals surface area contributed by atoms with Crippen molar-refractivity contribution in [3.63, 3.8) is 0 Å². The molecule has 0 aliphatic rings. The fraction of sp³-hybridized carbons (Fsp3) is 0.222. The van der Waals surface area contributed by atoms with Gasteiger partial charge in [-0.05, 0) is 22.9 Å². The van der Waals surface area contributed by atoms with Crippen LogP contribution in [0.1, 0.15) is 30.5 Å². The van der Waals surface area contributed by atoms with Gasteiger partial charge in [-0.25, -0.2) is 4.98 Å². The number of fused-ring (bicyclic) bond motifs is 1. The highest BCUT2D eigenvalue weighted by Gasteiger charge is 2.10. The van der Waals surface area contributed by atoms with E-state index in [0.29, 0.717) is 12.3 Å². The van der Waals surface area contributed by atoms with Crippen LogP contribution in [-0.4, -0.2) is 10.9 Å². The van der Waals surface area contributed by atoms with Gasteiger partial charge in [0.05, 0.1) is 17.1 Å². The van der Waals surface area contributed by atoms with E-state index in [4.69, 9.17) is 0 Å². The number of nitrogens with one attached hydrogen (secondary N) is 1. The predicted molar refractivity (Wildman–Crippen MR) is 92.5 cm³/mol. The summed E-state index contributed by atoms with van der Waals surface area (Å²) in [6, 6.07) is 14.1. The van der Waals surface area contributed by atoms with E-state index in [9.17, 15) is 4.79 Å². The highest BCUT2D eigenvalue weighted by Crippen LogP contribution is 2.21. The zero-order valence-electron chi connectivity index (χ0n) is 12.7. The zero-order valence-corrected chi connectivity index (χ0v) is 13.5. The second-order valence-corrected chi connectivity index (χ2v) is 6.51. The summed E-state index contributed by atoms with van der Waals surface area (Å²) in [5.74, 6) is 0.373. The molecule has 1 aromatic heterocycles. The molecule has 1 heterocycles. The summed E-state index contributed by atoms with van der Waals surface area (Å²) in [6.45, 7) is 4.22. The minimum atomic E-state index is -0.0316. The van der Waals surface area contributed by atoms with Crippen molar-refractivity contribution in [2.75, 3.05) is 5.32 Å². The number of carbonyl (C=O) groups excluding carboxylic acids is 1. The van der Waals surface area contributed by atoms with E-state index in [1.807, 2.05) is 41.8 Å². The number of hydrogen-bond donors (Lipinski definition) is 1. The third-order valence-electron chi connectivity index (χ3n) is 3.44. The average molecular weight is 310 g/mol. The van der Waals surface area contributed by atoms with Gasteiger partial charge < -0.3 is 5.32 Å². The lowest BCUT2D eigenvalue weighted by Gasteiger charge is -2.06. The Bertz CT molecular complexity index is 807. The Hall–Kier alpha value is -2.20. The Morgan fingerprint density at radius 2 is 1.95 bits per heavy atom. The van der Waals surface area contributed by atoms with Crippen molar-refractivity contribution in [1.29, 1.82) is 0 Å². The molecule has 1 N–H and O–H groups in total. The molecule has 3 rings (SSSR count). The van der Waals surface area contributed by atoms with Gasteiger partial charge in [0, 0.05) is 17.0 Å². The molecule has 0 bridgehead atoms. The second-order valence-electron chi connectivity index (χ2n) is 5.62. The number of amides is 1. The smallest absolute Gasteiger partial charge is 0.230 e. The fourth-order valence-corrected chi connectivity index (χ4v) is 3.14. The molecule has 0 aliphatic heterocycles. The van der Waals surface area contributed by atoms with Crippen LogP contribution in [0.4, 0.5) is 5.69 Å². The summed E-state index contributed by atoms with van der Waals surface area (Å²) in [4.78, 5) is 16.6. The van der Waals surface area contributed by atoms with Gasteiger partial charge >= 0.3 is 0 Å². The van der Waals surface area contributed by atoms with Crippen molar-refractivity contribution in [1.82, 2.24) is 4.98 Å². The zero-order chi connectivity index (χ0) is 15.5. The number of benzene rings is 2. The topological polar surface area (TPSA) is 42.0 Å². The Morgan fingerprint density at radius 3 is 2.68 bits per heavy atom. The monoisotopic (exact) mass is 310 g/mol. The molecule has 3 nitrogen and oxygen atoms in total. The van der Waals surface area contributed by atoms with Crippen molar-refractivity contribution < 1.29 is 4.79 Å². The van der Waals surface area contributed by atoms with E-state index in [1.165, 1.54) is 5.39 Å². The summed E-state index contributed by atoms with van der Waals surface area (Å²) in [7, 11) is 0. The van der Waals surface area contributed by atoms with Crippen molar-refractivity contribution in [2.24, 2.45) is 0 Å². The van der Waals surface area contributed by atoms with Crippen LogP contribution >= 0.6 is 11.3 Å². The molecule has 0 saturated carbocycles. The van der Waals surface area contributed by atoms with E-state index < -0.39 is 0 Å². The van der Waals surface area contributed by atoms with E-state index in [1.54, 1.807) is 11.3 Å². The third-order valence-corrected chi connectivity index (χ3v) is 4.63. The number of carbonyl (C=O) groups is 1. The van der Waals surface area contributed by atoms with Gasteiger partial charge in [-0.3, -0.25) is 4.79 Å². The SMILES string of the molecule is CC(C)c1nc(CC(=O)Nc2ccc3ccccc3c2)cs1. The maximum atomic E-state index is 12.2.